The van der Waals surface area contributed by atoms with Crippen molar-refractivity contribution in [1.29, 1.82) is 0 Å². The highest BCUT2D eigenvalue weighted by atomic mass is 19.1. The summed E-state index contributed by atoms with van der Waals surface area (Å²) in [6.45, 7) is 14.5. The van der Waals surface area contributed by atoms with Gasteiger partial charge in [-0.3, -0.25) is 4.98 Å². The zero-order valence-electron chi connectivity index (χ0n) is 25.3. The Kier molecular flexibility index (Phi) is 9.03. The molecule has 1 aliphatic carbocycles. The maximum atomic E-state index is 13.2. The van der Waals surface area contributed by atoms with Crippen LogP contribution >= 0.6 is 0 Å². The second kappa shape index (κ2) is 12.2. The highest BCUT2D eigenvalue weighted by Crippen LogP contribution is 2.45. The summed E-state index contributed by atoms with van der Waals surface area (Å²) >= 11 is 0. The standard InChI is InChI=1S/C35H42FNO4/c1-22-29(25-10-14-28(15-11-25)40-21-18-24-8-12-27(36)13-9-24)31(26-16-19-35(6,7)20-17-26)30(23(2)37-22)32(33(38)39)41-34(3,4)5/h8-16,32H,17-21H2,1-7H3,(H,38,39)/t32-/m0/s1. The fourth-order valence-electron chi connectivity index (χ4n) is 5.42. The molecule has 6 heteroatoms. The highest BCUT2D eigenvalue weighted by molar-refractivity contribution is 5.88. The molecular weight excluding hydrogens is 517 g/mol. The van der Waals surface area contributed by atoms with Crippen molar-refractivity contribution >= 4 is 11.5 Å². The number of aryl methyl sites for hydroxylation is 2. The first-order valence-electron chi connectivity index (χ1n) is 14.3. The number of pyridine rings is 1. The Hall–Kier alpha value is -3.51. The van der Waals surface area contributed by atoms with E-state index in [9.17, 15) is 14.3 Å². The molecule has 1 aliphatic rings. The molecule has 0 fully saturated rings. The summed E-state index contributed by atoms with van der Waals surface area (Å²) in [5, 5.41) is 10.4. The van der Waals surface area contributed by atoms with Gasteiger partial charge in [-0.1, -0.05) is 44.2 Å². The van der Waals surface area contributed by atoms with Crippen LogP contribution in [0.1, 0.15) is 88.1 Å². The van der Waals surface area contributed by atoms with E-state index in [1.54, 1.807) is 12.1 Å². The number of benzene rings is 2. The SMILES string of the molecule is Cc1nc(C)c([C@H](OC(C)(C)C)C(=O)O)c(C2=CCC(C)(C)CC2)c1-c1ccc(OCCc2ccc(F)cc2)cc1. The van der Waals surface area contributed by atoms with E-state index in [0.29, 0.717) is 24.3 Å². The van der Waals surface area contributed by atoms with E-state index in [-0.39, 0.29) is 11.2 Å². The van der Waals surface area contributed by atoms with E-state index in [2.05, 4.69) is 19.9 Å². The first-order chi connectivity index (χ1) is 19.2. The first kappa shape index (κ1) is 30.4. The molecule has 0 amide bonds. The van der Waals surface area contributed by atoms with E-state index in [1.165, 1.54) is 12.1 Å². The molecule has 1 N–H and O–H groups in total. The lowest BCUT2D eigenvalue weighted by atomic mass is 9.74. The third-order valence-electron chi connectivity index (χ3n) is 7.57. The Morgan fingerprint density at radius 1 is 1.02 bits per heavy atom. The van der Waals surface area contributed by atoms with E-state index in [0.717, 1.165) is 58.5 Å². The van der Waals surface area contributed by atoms with Gasteiger partial charge in [-0.2, -0.15) is 0 Å². The Morgan fingerprint density at radius 3 is 2.24 bits per heavy atom. The lowest BCUT2D eigenvalue weighted by Crippen LogP contribution is -2.29. The smallest absolute Gasteiger partial charge is 0.337 e. The van der Waals surface area contributed by atoms with Crippen LogP contribution in [0.3, 0.4) is 0 Å². The van der Waals surface area contributed by atoms with Crippen molar-refractivity contribution in [1.82, 2.24) is 4.98 Å². The van der Waals surface area contributed by atoms with E-state index in [4.69, 9.17) is 14.5 Å². The highest BCUT2D eigenvalue weighted by Gasteiger charge is 2.35. The summed E-state index contributed by atoms with van der Waals surface area (Å²) < 4.78 is 25.3. The third kappa shape index (κ3) is 7.62. The number of carboxylic acids is 1. The van der Waals surface area contributed by atoms with Crippen LogP contribution < -0.4 is 4.74 Å². The van der Waals surface area contributed by atoms with Crippen LogP contribution in [0.4, 0.5) is 4.39 Å². The molecular formula is C35H42FNO4. The fourth-order valence-corrected chi connectivity index (χ4v) is 5.42. The minimum Gasteiger partial charge on any atom is -0.493 e. The number of carbonyl (C=O) groups is 1. The second-order valence-electron chi connectivity index (χ2n) is 12.7. The van der Waals surface area contributed by atoms with Gasteiger partial charge in [0.2, 0.25) is 0 Å². The molecule has 2 aromatic carbocycles. The Morgan fingerprint density at radius 2 is 1.68 bits per heavy atom. The van der Waals surface area contributed by atoms with Gasteiger partial charge in [0.15, 0.2) is 6.10 Å². The topological polar surface area (TPSA) is 68.7 Å². The number of allylic oxidation sites excluding steroid dienone is 2. The van der Waals surface area contributed by atoms with Crippen molar-refractivity contribution < 1.29 is 23.8 Å². The molecule has 1 atom stereocenters. The van der Waals surface area contributed by atoms with Crippen molar-refractivity contribution in [3.63, 3.8) is 0 Å². The van der Waals surface area contributed by atoms with Crippen molar-refractivity contribution in [2.75, 3.05) is 6.61 Å². The average molecular weight is 560 g/mol. The van der Waals surface area contributed by atoms with E-state index in [1.807, 2.05) is 58.9 Å². The quantitative estimate of drug-likeness (QED) is 0.284. The maximum Gasteiger partial charge on any atom is 0.337 e. The van der Waals surface area contributed by atoms with Crippen LogP contribution in [0.5, 0.6) is 5.75 Å². The van der Waals surface area contributed by atoms with Crippen LogP contribution in [0.25, 0.3) is 16.7 Å². The van der Waals surface area contributed by atoms with Gasteiger partial charge in [-0.25, -0.2) is 9.18 Å². The number of nitrogens with zero attached hydrogens (tertiary/aromatic N) is 1. The molecule has 0 unspecified atom stereocenters. The van der Waals surface area contributed by atoms with E-state index < -0.39 is 17.7 Å². The summed E-state index contributed by atoms with van der Waals surface area (Å²) in [5.74, 6) is -0.544. The van der Waals surface area contributed by atoms with Gasteiger partial charge in [0.1, 0.15) is 11.6 Å². The molecule has 5 nitrogen and oxygen atoms in total. The lowest BCUT2D eigenvalue weighted by Gasteiger charge is -2.33. The number of hydrogen-bond acceptors (Lipinski definition) is 4. The Labute approximate surface area is 243 Å². The van der Waals surface area contributed by atoms with Gasteiger partial charge in [-0.15, -0.1) is 0 Å². The molecule has 1 heterocycles. The normalized spacial score (nSPS) is 15.8. The summed E-state index contributed by atoms with van der Waals surface area (Å²) in [6.07, 6.45) is 4.57. The average Bonchev–Trinajstić information content (AvgIpc) is 2.88. The first-order valence-corrected chi connectivity index (χ1v) is 14.3. The van der Waals surface area contributed by atoms with Gasteiger partial charge in [0.25, 0.3) is 0 Å². The van der Waals surface area contributed by atoms with Gasteiger partial charge in [-0.05, 0) is 106 Å². The third-order valence-corrected chi connectivity index (χ3v) is 7.57. The van der Waals surface area contributed by atoms with Gasteiger partial charge >= 0.3 is 5.97 Å². The number of carboxylic acid groups (broad SMARTS) is 1. The summed E-state index contributed by atoms with van der Waals surface area (Å²) in [6, 6.07) is 14.3. The lowest BCUT2D eigenvalue weighted by molar-refractivity contribution is -0.160. The molecule has 0 radical (unpaired) electrons. The number of ether oxygens (including phenoxy) is 2. The molecule has 0 saturated carbocycles. The zero-order chi connectivity index (χ0) is 29.9. The molecule has 0 aliphatic heterocycles. The monoisotopic (exact) mass is 559 g/mol. The van der Waals surface area contributed by atoms with Crippen LogP contribution in [-0.2, 0) is 16.0 Å². The molecule has 0 spiro atoms. The number of hydrogen-bond donors (Lipinski definition) is 1. The van der Waals surface area contributed by atoms with Crippen molar-refractivity contribution in [3.8, 4) is 16.9 Å². The molecule has 0 saturated heterocycles. The number of aliphatic carboxylic acids is 1. The van der Waals surface area contributed by atoms with Crippen LogP contribution in [0.2, 0.25) is 0 Å². The molecule has 1 aromatic heterocycles. The van der Waals surface area contributed by atoms with Crippen molar-refractivity contribution in [2.45, 2.75) is 85.9 Å². The number of rotatable bonds is 9. The minimum absolute atomic E-state index is 0.196. The Bertz CT molecular complexity index is 1420. The van der Waals surface area contributed by atoms with Crippen molar-refractivity contribution in [2.24, 2.45) is 5.41 Å². The number of halogens is 1. The summed E-state index contributed by atoms with van der Waals surface area (Å²) in [5.41, 5.74) is 6.63. The zero-order valence-corrected chi connectivity index (χ0v) is 25.3. The predicted molar refractivity (Wildman–Crippen MR) is 162 cm³/mol. The van der Waals surface area contributed by atoms with Crippen molar-refractivity contribution in [3.05, 3.63) is 88.5 Å². The van der Waals surface area contributed by atoms with Gasteiger partial charge in [0, 0.05) is 28.9 Å². The van der Waals surface area contributed by atoms with E-state index >= 15 is 0 Å². The molecule has 4 rings (SSSR count). The second-order valence-corrected chi connectivity index (χ2v) is 12.7. The Balaban J connectivity index is 1.74. The molecule has 3 aromatic rings. The molecule has 41 heavy (non-hydrogen) atoms. The summed E-state index contributed by atoms with van der Waals surface area (Å²) in [7, 11) is 0. The number of aromatic nitrogens is 1. The predicted octanol–water partition coefficient (Wildman–Crippen LogP) is 8.66. The van der Waals surface area contributed by atoms with Gasteiger partial charge < -0.3 is 14.6 Å². The van der Waals surface area contributed by atoms with Gasteiger partial charge in [0.05, 0.1) is 12.2 Å². The summed E-state index contributed by atoms with van der Waals surface area (Å²) in [4.78, 5) is 17.5. The molecule has 218 valence electrons. The van der Waals surface area contributed by atoms with Crippen LogP contribution in [-0.4, -0.2) is 28.3 Å². The van der Waals surface area contributed by atoms with Crippen LogP contribution in [0.15, 0.2) is 54.6 Å². The van der Waals surface area contributed by atoms with Crippen LogP contribution in [0, 0.1) is 25.1 Å². The maximum absolute atomic E-state index is 13.2. The molecule has 0 bridgehead atoms. The minimum atomic E-state index is -1.15. The largest absolute Gasteiger partial charge is 0.493 e. The fraction of sp³-hybridized carbons (Fsp3) is 0.429.